The number of rotatable bonds is 5. The summed E-state index contributed by atoms with van der Waals surface area (Å²) in [5.41, 5.74) is 0. The highest BCUT2D eigenvalue weighted by molar-refractivity contribution is 7.80. The van der Waals surface area contributed by atoms with Crippen LogP contribution >= 0.6 is 12.6 Å². The van der Waals surface area contributed by atoms with Crippen molar-refractivity contribution in [1.29, 1.82) is 0 Å². The van der Waals surface area contributed by atoms with Gasteiger partial charge in [-0.05, 0) is 24.6 Å². The van der Waals surface area contributed by atoms with Gasteiger partial charge in [-0.3, -0.25) is 0 Å². The van der Waals surface area contributed by atoms with Crippen molar-refractivity contribution in [3.05, 3.63) is 24.0 Å². The minimum absolute atomic E-state index is 0.282. The Hall–Kier alpha value is -0.700. The molecule has 0 unspecified atom stereocenters. The Balaban J connectivity index is 2.42. The number of hydrogen-bond acceptors (Lipinski definition) is 2. The summed E-state index contributed by atoms with van der Waals surface area (Å²) < 4.78 is 18.1. The predicted octanol–water partition coefficient (Wildman–Crippen LogP) is 3.68. The molecule has 0 N–H and O–H groups in total. The third-order valence-electron chi connectivity index (χ3n) is 1.93. The minimum Gasteiger partial charge on any atom is -0.492 e. The van der Waals surface area contributed by atoms with E-state index in [0.717, 1.165) is 12.8 Å². The number of hydrogen-bond donors (Lipinski definition) is 1. The highest BCUT2D eigenvalue weighted by Gasteiger charge is 2.00. The zero-order chi connectivity index (χ0) is 10.4. The van der Waals surface area contributed by atoms with Crippen LogP contribution in [0.5, 0.6) is 5.75 Å². The summed E-state index contributed by atoms with van der Waals surface area (Å²) >= 11 is 4.13. The van der Waals surface area contributed by atoms with Crippen LogP contribution in [0.3, 0.4) is 0 Å². The topological polar surface area (TPSA) is 9.23 Å². The van der Waals surface area contributed by atoms with Gasteiger partial charge < -0.3 is 4.74 Å². The quantitative estimate of drug-likeness (QED) is 0.581. The average Bonchev–Trinajstić information content (AvgIpc) is 2.15. The largest absolute Gasteiger partial charge is 0.492 e. The van der Waals surface area contributed by atoms with Crippen molar-refractivity contribution in [2.24, 2.45) is 0 Å². The van der Waals surface area contributed by atoms with E-state index < -0.39 is 0 Å². The Morgan fingerprint density at radius 1 is 1.36 bits per heavy atom. The molecule has 1 rings (SSSR count). The van der Waals surface area contributed by atoms with Crippen LogP contribution in [0.2, 0.25) is 0 Å². The van der Waals surface area contributed by atoms with E-state index in [4.69, 9.17) is 4.74 Å². The number of benzene rings is 1. The lowest BCUT2D eigenvalue weighted by atomic mass is 10.3. The van der Waals surface area contributed by atoms with Gasteiger partial charge in [0.2, 0.25) is 0 Å². The molecule has 0 radical (unpaired) electrons. The van der Waals surface area contributed by atoms with Crippen LogP contribution in [0, 0.1) is 5.82 Å². The third kappa shape index (κ3) is 3.58. The molecule has 0 spiro atoms. The van der Waals surface area contributed by atoms with Gasteiger partial charge in [0.25, 0.3) is 0 Å². The van der Waals surface area contributed by atoms with Gasteiger partial charge in [0.1, 0.15) is 11.6 Å². The standard InChI is InChI=1S/C11H15FOS/c1-2-3-4-7-13-10-6-5-9(12)8-11(10)14/h5-6,8,14H,2-4,7H2,1H3. The molecule has 0 atom stereocenters. The van der Waals surface area contributed by atoms with Gasteiger partial charge in [0.15, 0.2) is 0 Å². The molecule has 0 saturated carbocycles. The first-order chi connectivity index (χ1) is 6.74. The van der Waals surface area contributed by atoms with Gasteiger partial charge in [-0.25, -0.2) is 4.39 Å². The highest BCUT2D eigenvalue weighted by Crippen LogP contribution is 2.23. The van der Waals surface area contributed by atoms with Crippen LogP contribution in [0.4, 0.5) is 4.39 Å². The SMILES string of the molecule is CCCCCOc1ccc(F)cc1S. The Morgan fingerprint density at radius 3 is 2.79 bits per heavy atom. The number of ether oxygens (including phenoxy) is 1. The van der Waals surface area contributed by atoms with Gasteiger partial charge in [0, 0.05) is 4.90 Å². The second-order valence-corrected chi connectivity index (χ2v) is 3.65. The normalized spacial score (nSPS) is 10.2. The van der Waals surface area contributed by atoms with Crippen LogP contribution in [0.15, 0.2) is 23.1 Å². The first kappa shape index (κ1) is 11.4. The van der Waals surface area contributed by atoms with Crippen LogP contribution < -0.4 is 4.74 Å². The van der Waals surface area contributed by atoms with E-state index in [0.29, 0.717) is 17.3 Å². The maximum Gasteiger partial charge on any atom is 0.132 e. The van der Waals surface area contributed by atoms with Gasteiger partial charge in [-0.2, -0.15) is 0 Å². The fourth-order valence-corrected chi connectivity index (χ4v) is 1.41. The molecule has 78 valence electrons. The Kier molecular flexibility index (Phi) is 4.80. The monoisotopic (exact) mass is 214 g/mol. The summed E-state index contributed by atoms with van der Waals surface area (Å²) in [6.07, 6.45) is 3.35. The van der Waals surface area contributed by atoms with Gasteiger partial charge in [0.05, 0.1) is 6.61 Å². The molecule has 0 heterocycles. The molecule has 1 aromatic rings. The lowest BCUT2D eigenvalue weighted by Gasteiger charge is -2.07. The van der Waals surface area contributed by atoms with Crippen molar-refractivity contribution in [2.45, 2.75) is 31.1 Å². The predicted molar refractivity (Wildman–Crippen MR) is 58.7 cm³/mol. The van der Waals surface area contributed by atoms with E-state index in [9.17, 15) is 4.39 Å². The minimum atomic E-state index is -0.282. The van der Waals surface area contributed by atoms with E-state index in [1.165, 1.54) is 18.6 Å². The number of thiol groups is 1. The van der Waals surface area contributed by atoms with Crippen molar-refractivity contribution in [1.82, 2.24) is 0 Å². The zero-order valence-corrected chi connectivity index (χ0v) is 9.19. The number of unbranched alkanes of at least 4 members (excludes halogenated alkanes) is 2. The van der Waals surface area contributed by atoms with Gasteiger partial charge in [-0.1, -0.05) is 19.8 Å². The van der Waals surface area contributed by atoms with Gasteiger partial charge in [-0.15, -0.1) is 12.6 Å². The van der Waals surface area contributed by atoms with Gasteiger partial charge >= 0.3 is 0 Å². The molecule has 0 fully saturated rings. The molecule has 0 aliphatic carbocycles. The summed E-state index contributed by atoms with van der Waals surface area (Å²) in [6.45, 7) is 2.81. The van der Waals surface area contributed by atoms with Crippen molar-refractivity contribution in [3.8, 4) is 5.75 Å². The van der Waals surface area contributed by atoms with Crippen molar-refractivity contribution >= 4 is 12.6 Å². The van der Waals surface area contributed by atoms with Crippen molar-refractivity contribution in [3.63, 3.8) is 0 Å². The number of halogens is 1. The molecule has 0 amide bonds. The molecule has 14 heavy (non-hydrogen) atoms. The van der Waals surface area contributed by atoms with Crippen molar-refractivity contribution < 1.29 is 9.13 Å². The lowest BCUT2D eigenvalue weighted by molar-refractivity contribution is 0.299. The highest BCUT2D eigenvalue weighted by atomic mass is 32.1. The van der Waals surface area contributed by atoms with Crippen LogP contribution in [-0.4, -0.2) is 6.61 Å². The maximum absolute atomic E-state index is 12.7. The summed E-state index contributed by atoms with van der Waals surface area (Å²) in [5.74, 6) is 0.377. The summed E-state index contributed by atoms with van der Waals surface area (Å²) in [5, 5.41) is 0. The molecule has 0 bridgehead atoms. The van der Waals surface area contributed by atoms with E-state index in [-0.39, 0.29) is 5.82 Å². The second-order valence-electron chi connectivity index (χ2n) is 3.17. The zero-order valence-electron chi connectivity index (χ0n) is 8.29. The summed E-state index contributed by atoms with van der Waals surface area (Å²) in [6, 6.07) is 4.36. The van der Waals surface area contributed by atoms with Crippen LogP contribution in [0.25, 0.3) is 0 Å². The molecule has 1 nitrogen and oxygen atoms in total. The van der Waals surface area contributed by atoms with Crippen molar-refractivity contribution in [2.75, 3.05) is 6.61 Å². The fourth-order valence-electron chi connectivity index (χ4n) is 1.15. The smallest absolute Gasteiger partial charge is 0.132 e. The second kappa shape index (κ2) is 5.91. The van der Waals surface area contributed by atoms with E-state index in [1.54, 1.807) is 6.07 Å². The molecular formula is C11H15FOS. The molecule has 1 aromatic carbocycles. The summed E-state index contributed by atoms with van der Waals surface area (Å²) in [4.78, 5) is 0.557. The Labute approximate surface area is 89.7 Å². The van der Waals surface area contributed by atoms with Crippen LogP contribution in [-0.2, 0) is 0 Å². The molecule has 0 aromatic heterocycles. The molecule has 0 saturated heterocycles. The summed E-state index contributed by atoms with van der Waals surface area (Å²) in [7, 11) is 0. The molecule has 3 heteroatoms. The Bertz CT molecular complexity index is 289. The first-order valence-corrected chi connectivity index (χ1v) is 5.30. The molecule has 0 aliphatic heterocycles. The molecular weight excluding hydrogens is 199 g/mol. The maximum atomic E-state index is 12.7. The first-order valence-electron chi connectivity index (χ1n) is 4.85. The fraction of sp³-hybridized carbons (Fsp3) is 0.455. The average molecular weight is 214 g/mol. The Morgan fingerprint density at radius 2 is 2.14 bits per heavy atom. The third-order valence-corrected chi connectivity index (χ3v) is 2.28. The van der Waals surface area contributed by atoms with Crippen LogP contribution in [0.1, 0.15) is 26.2 Å². The lowest BCUT2D eigenvalue weighted by Crippen LogP contribution is -1.97. The molecule has 0 aliphatic rings. The van der Waals surface area contributed by atoms with E-state index in [1.807, 2.05) is 0 Å². The van der Waals surface area contributed by atoms with E-state index in [2.05, 4.69) is 19.6 Å². The van der Waals surface area contributed by atoms with E-state index >= 15 is 0 Å².